The molecule has 4 unspecified atom stereocenters. The summed E-state index contributed by atoms with van der Waals surface area (Å²) in [6, 6.07) is 0.0519. The average Bonchev–Trinajstić information content (AvgIpc) is 2.85. The summed E-state index contributed by atoms with van der Waals surface area (Å²) in [6.45, 7) is 4.71. The van der Waals surface area contributed by atoms with E-state index < -0.39 is 0 Å². The van der Waals surface area contributed by atoms with E-state index in [4.69, 9.17) is 10.5 Å². The normalized spacial score (nSPS) is 36.6. The minimum Gasteiger partial charge on any atom is -0.381 e. The Morgan fingerprint density at radius 3 is 2.94 bits per heavy atom. The molecule has 4 nitrogen and oxygen atoms in total. The maximum Gasteiger partial charge on any atom is 0.224 e. The first-order valence-electron chi connectivity index (χ1n) is 7.28. The van der Waals surface area contributed by atoms with Crippen molar-refractivity contribution < 1.29 is 9.53 Å². The molecule has 1 aliphatic carbocycles. The zero-order valence-corrected chi connectivity index (χ0v) is 11.4. The smallest absolute Gasteiger partial charge is 0.224 e. The van der Waals surface area contributed by atoms with Gasteiger partial charge in [0, 0.05) is 25.8 Å². The number of amides is 1. The van der Waals surface area contributed by atoms with Gasteiger partial charge < -0.3 is 15.8 Å². The standard InChI is InChI=1S/C14H26N2O2/c1-10-2-3-13(15)12(8-10)14(17)16-6-4-11-5-7-18-9-11/h10-13H,2-9,15H2,1H3,(H,16,17). The van der Waals surface area contributed by atoms with Crippen molar-refractivity contribution in [2.24, 2.45) is 23.5 Å². The molecule has 1 saturated carbocycles. The second-order valence-electron chi connectivity index (χ2n) is 6.00. The second kappa shape index (κ2) is 6.53. The Hall–Kier alpha value is -0.610. The van der Waals surface area contributed by atoms with Crippen LogP contribution in [0.2, 0.25) is 0 Å². The van der Waals surface area contributed by atoms with Crippen molar-refractivity contribution in [2.75, 3.05) is 19.8 Å². The first kappa shape index (κ1) is 13.8. The highest BCUT2D eigenvalue weighted by molar-refractivity contribution is 5.79. The predicted molar refractivity (Wildman–Crippen MR) is 71.0 cm³/mol. The minimum absolute atomic E-state index is 0.0218. The third-order valence-corrected chi connectivity index (χ3v) is 4.38. The van der Waals surface area contributed by atoms with Crippen LogP contribution >= 0.6 is 0 Å². The van der Waals surface area contributed by atoms with E-state index in [-0.39, 0.29) is 17.9 Å². The average molecular weight is 254 g/mol. The summed E-state index contributed by atoms with van der Waals surface area (Å²) < 4.78 is 5.33. The maximum atomic E-state index is 12.1. The number of nitrogens with two attached hydrogens (primary N) is 1. The summed E-state index contributed by atoms with van der Waals surface area (Å²) >= 11 is 0. The Labute approximate surface area is 110 Å². The van der Waals surface area contributed by atoms with Gasteiger partial charge in [0.05, 0.1) is 5.92 Å². The van der Waals surface area contributed by atoms with Crippen LogP contribution in [0, 0.1) is 17.8 Å². The highest BCUT2D eigenvalue weighted by Crippen LogP contribution is 2.28. The molecule has 0 aromatic rings. The van der Waals surface area contributed by atoms with Crippen molar-refractivity contribution in [3.63, 3.8) is 0 Å². The van der Waals surface area contributed by atoms with E-state index in [1.165, 1.54) is 0 Å². The summed E-state index contributed by atoms with van der Waals surface area (Å²) in [7, 11) is 0. The molecule has 0 aromatic carbocycles. The van der Waals surface area contributed by atoms with Gasteiger partial charge >= 0.3 is 0 Å². The van der Waals surface area contributed by atoms with Crippen LogP contribution < -0.4 is 11.1 Å². The summed E-state index contributed by atoms with van der Waals surface area (Å²) in [4.78, 5) is 12.1. The van der Waals surface area contributed by atoms with Crippen molar-refractivity contribution in [3.8, 4) is 0 Å². The molecular formula is C14H26N2O2. The lowest BCUT2D eigenvalue weighted by Crippen LogP contribution is -2.45. The van der Waals surface area contributed by atoms with Crippen LogP contribution in [0.3, 0.4) is 0 Å². The van der Waals surface area contributed by atoms with Crippen molar-refractivity contribution >= 4 is 5.91 Å². The Kier molecular flexibility index (Phi) is 5.01. The number of rotatable bonds is 4. The topological polar surface area (TPSA) is 64.4 Å². The van der Waals surface area contributed by atoms with Crippen LogP contribution in [0.25, 0.3) is 0 Å². The van der Waals surface area contributed by atoms with Crippen LogP contribution in [0.4, 0.5) is 0 Å². The maximum absolute atomic E-state index is 12.1. The fourth-order valence-electron chi connectivity index (χ4n) is 3.05. The molecule has 1 saturated heterocycles. The monoisotopic (exact) mass is 254 g/mol. The molecule has 2 rings (SSSR count). The van der Waals surface area contributed by atoms with Gasteiger partial charge in [0.15, 0.2) is 0 Å². The highest BCUT2D eigenvalue weighted by Gasteiger charge is 2.31. The summed E-state index contributed by atoms with van der Waals surface area (Å²) in [5.74, 6) is 1.44. The molecule has 2 fully saturated rings. The molecule has 3 N–H and O–H groups in total. The number of carbonyl (C=O) groups excluding carboxylic acids is 1. The summed E-state index contributed by atoms with van der Waals surface area (Å²) in [5.41, 5.74) is 6.06. The lowest BCUT2D eigenvalue weighted by Gasteiger charge is -2.31. The number of ether oxygens (including phenoxy) is 1. The third kappa shape index (κ3) is 3.69. The Morgan fingerprint density at radius 2 is 2.22 bits per heavy atom. The van der Waals surface area contributed by atoms with Crippen LogP contribution in [-0.4, -0.2) is 31.7 Å². The van der Waals surface area contributed by atoms with Crippen molar-refractivity contribution in [2.45, 2.75) is 45.1 Å². The van der Waals surface area contributed by atoms with E-state index in [1.54, 1.807) is 0 Å². The zero-order chi connectivity index (χ0) is 13.0. The Balaban J connectivity index is 1.69. The molecule has 4 atom stereocenters. The lowest BCUT2D eigenvalue weighted by atomic mass is 9.79. The van der Waals surface area contributed by atoms with Gasteiger partial charge in [-0.2, -0.15) is 0 Å². The molecule has 0 aromatic heterocycles. The summed E-state index contributed by atoms with van der Waals surface area (Å²) in [6.07, 6.45) is 5.25. The highest BCUT2D eigenvalue weighted by atomic mass is 16.5. The van der Waals surface area contributed by atoms with Crippen LogP contribution in [0.15, 0.2) is 0 Å². The fourth-order valence-corrected chi connectivity index (χ4v) is 3.05. The van der Waals surface area contributed by atoms with Crippen molar-refractivity contribution in [1.82, 2.24) is 5.32 Å². The van der Waals surface area contributed by atoms with Crippen LogP contribution in [0.5, 0.6) is 0 Å². The molecule has 1 amide bonds. The fraction of sp³-hybridized carbons (Fsp3) is 0.929. The van der Waals surface area contributed by atoms with E-state index in [0.717, 1.165) is 51.9 Å². The number of nitrogens with one attached hydrogen (secondary N) is 1. The van der Waals surface area contributed by atoms with Crippen molar-refractivity contribution in [1.29, 1.82) is 0 Å². The number of carbonyl (C=O) groups is 1. The SMILES string of the molecule is CC1CCC(N)C(C(=O)NCCC2CCOC2)C1. The summed E-state index contributed by atoms with van der Waals surface area (Å²) in [5, 5.41) is 3.06. The van der Waals surface area contributed by atoms with E-state index in [1.807, 2.05) is 0 Å². The van der Waals surface area contributed by atoms with Gasteiger partial charge in [-0.3, -0.25) is 4.79 Å². The van der Waals surface area contributed by atoms with Crippen molar-refractivity contribution in [3.05, 3.63) is 0 Å². The van der Waals surface area contributed by atoms with E-state index in [9.17, 15) is 4.79 Å². The number of hydrogen-bond acceptors (Lipinski definition) is 3. The van der Waals surface area contributed by atoms with Gasteiger partial charge in [-0.15, -0.1) is 0 Å². The largest absolute Gasteiger partial charge is 0.381 e. The molecular weight excluding hydrogens is 228 g/mol. The second-order valence-corrected chi connectivity index (χ2v) is 6.00. The van der Waals surface area contributed by atoms with E-state index in [2.05, 4.69) is 12.2 Å². The van der Waals surface area contributed by atoms with Gasteiger partial charge in [0.2, 0.25) is 5.91 Å². The lowest BCUT2D eigenvalue weighted by molar-refractivity contribution is -0.127. The molecule has 104 valence electrons. The molecule has 0 spiro atoms. The van der Waals surface area contributed by atoms with Gasteiger partial charge in [0.25, 0.3) is 0 Å². The molecule has 2 aliphatic rings. The Morgan fingerprint density at radius 1 is 1.39 bits per heavy atom. The molecule has 18 heavy (non-hydrogen) atoms. The van der Waals surface area contributed by atoms with Gasteiger partial charge in [-0.25, -0.2) is 0 Å². The van der Waals surface area contributed by atoms with Crippen LogP contribution in [0.1, 0.15) is 39.0 Å². The minimum atomic E-state index is 0.0218. The van der Waals surface area contributed by atoms with E-state index in [0.29, 0.717) is 11.8 Å². The molecule has 1 aliphatic heterocycles. The zero-order valence-electron chi connectivity index (χ0n) is 11.4. The number of hydrogen-bond donors (Lipinski definition) is 2. The molecule has 1 heterocycles. The van der Waals surface area contributed by atoms with E-state index >= 15 is 0 Å². The first-order chi connectivity index (χ1) is 8.66. The molecule has 0 radical (unpaired) electrons. The predicted octanol–water partition coefficient (Wildman–Crippen LogP) is 1.29. The Bertz CT molecular complexity index is 277. The van der Waals surface area contributed by atoms with Gasteiger partial charge in [0.1, 0.15) is 0 Å². The third-order valence-electron chi connectivity index (χ3n) is 4.38. The van der Waals surface area contributed by atoms with Gasteiger partial charge in [-0.1, -0.05) is 6.92 Å². The first-order valence-corrected chi connectivity index (χ1v) is 7.28. The quantitative estimate of drug-likeness (QED) is 0.794. The van der Waals surface area contributed by atoms with Crippen LogP contribution in [-0.2, 0) is 9.53 Å². The molecule has 0 bridgehead atoms. The molecule has 4 heteroatoms. The van der Waals surface area contributed by atoms with Gasteiger partial charge in [-0.05, 0) is 43.9 Å².